The molecule has 2 heterocycles. The van der Waals surface area contributed by atoms with Crippen molar-refractivity contribution in [1.82, 2.24) is 14.9 Å². The molecule has 0 amide bonds. The molecule has 1 aromatic carbocycles. The normalized spacial score (nSPS) is 18.6. The predicted molar refractivity (Wildman–Crippen MR) is 135 cm³/mol. The van der Waals surface area contributed by atoms with Crippen molar-refractivity contribution in [2.75, 3.05) is 29.9 Å². The van der Waals surface area contributed by atoms with Crippen LogP contribution in [0.3, 0.4) is 0 Å². The van der Waals surface area contributed by atoms with Crippen LogP contribution < -0.4 is 16.0 Å². The van der Waals surface area contributed by atoms with E-state index in [1.807, 2.05) is 6.92 Å². The van der Waals surface area contributed by atoms with E-state index in [1.165, 1.54) is 12.4 Å². The van der Waals surface area contributed by atoms with Gasteiger partial charge in [-0.25, -0.2) is 9.97 Å². The van der Waals surface area contributed by atoms with Crippen LogP contribution in [0.2, 0.25) is 0 Å². The van der Waals surface area contributed by atoms with Gasteiger partial charge in [0.05, 0.1) is 46.9 Å². The number of likely N-dealkylation sites (tertiary alicyclic amines) is 1. The van der Waals surface area contributed by atoms with Gasteiger partial charge in [-0.05, 0) is 36.6 Å². The summed E-state index contributed by atoms with van der Waals surface area (Å²) in [6.07, 6.45) is -5.24. The fourth-order valence-corrected chi connectivity index (χ4v) is 4.55. The summed E-state index contributed by atoms with van der Waals surface area (Å²) in [6.45, 7) is 1.84. The van der Waals surface area contributed by atoms with Crippen molar-refractivity contribution in [3.63, 3.8) is 0 Å². The number of rotatable bonds is 10. The first-order chi connectivity index (χ1) is 18.3. The quantitative estimate of drug-likeness (QED) is 0.236. The van der Waals surface area contributed by atoms with Crippen LogP contribution in [0.4, 0.5) is 38.0 Å². The van der Waals surface area contributed by atoms with Crippen molar-refractivity contribution in [3.8, 4) is 0 Å². The molecular weight excluding hydrogens is 552 g/mol. The first kappa shape index (κ1) is 30.3. The Bertz CT molecular complexity index is 1140. The topological polar surface area (TPSA) is 114 Å². The van der Waals surface area contributed by atoms with Gasteiger partial charge in [-0.15, -0.1) is 0 Å². The van der Waals surface area contributed by atoms with E-state index < -0.39 is 29.5 Å². The third-order valence-electron chi connectivity index (χ3n) is 6.32. The minimum atomic E-state index is -4.99. The molecule has 0 aliphatic carbocycles. The molecule has 3 rings (SSSR count). The van der Waals surface area contributed by atoms with E-state index in [1.54, 1.807) is 9.80 Å². The molecule has 5 N–H and O–H groups in total. The van der Waals surface area contributed by atoms with Gasteiger partial charge in [-0.2, -0.15) is 26.3 Å². The summed E-state index contributed by atoms with van der Waals surface area (Å²) < 4.78 is 81.0. The third-order valence-corrected chi connectivity index (χ3v) is 6.62. The van der Waals surface area contributed by atoms with Gasteiger partial charge in [0.25, 0.3) is 0 Å². The number of hydrogen-bond acceptors (Lipinski definition) is 8. The molecule has 0 bridgehead atoms. The fourth-order valence-electron chi connectivity index (χ4n) is 4.44. The fraction of sp³-hybridized carbons (Fsp3) is 0.458. The Labute approximate surface area is 226 Å². The van der Waals surface area contributed by atoms with Gasteiger partial charge in [-0.3, -0.25) is 0 Å². The Morgan fingerprint density at radius 1 is 1.18 bits per heavy atom. The molecule has 39 heavy (non-hydrogen) atoms. The number of nitrogens with zero attached hydrogens (tertiary/aromatic N) is 4. The highest BCUT2D eigenvalue weighted by molar-refractivity contribution is 6.39. The van der Waals surface area contributed by atoms with E-state index in [-0.39, 0.29) is 60.7 Å². The second kappa shape index (κ2) is 12.3. The SMILES string of the molecule is CCC1CC(N(Cc2cc(C(F)(F)F)cc(C(F)(F)F)c2)c2ncc(NCCO)cn2)CN1/C(N)=C(\Cl)C=N. The zero-order valence-electron chi connectivity index (χ0n) is 20.8. The zero-order valence-corrected chi connectivity index (χ0v) is 21.6. The van der Waals surface area contributed by atoms with E-state index >= 15 is 0 Å². The summed E-state index contributed by atoms with van der Waals surface area (Å²) in [7, 11) is 0. The third kappa shape index (κ3) is 7.44. The van der Waals surface area contributed by atoms with Crippen LogP contribution in [-0.4, -0.2) is 58.0 Å². The molecule has 2 atom stereocenters. The van der Waals surface area contributed by atoms with E-state index in [0.717, 1.165) is 6.21 Å². The summed E-state index contributed by atoms with van der Waals surface area (Å²) in [5.74, 6) is 0.224. The van der Waals surface area contributed by atoms with Crippen molar-refractivity contribution < 1.29 is 31.4 Å². The van der Waals surface area contributed by atoms with E-state index in [4.69, 9.17) is 27.9 Å². The Morgan fingerprint density at radius 2 is 1.77 bits per heavy atom. The van der Waals surface area contributed by atoms with Crippen molar-refractivity contribution in [2.24, 2.45) is 5.73 Å². The molecule has 1 aliphatic rings. The number of nitrogens with two attached hydrogens (primary N) is 1. The van der Waals surface area contributed by atoms with Gasteiger partial charge in [0.2, 0.25) is 5.95 Å². The molecule has 0 spiro atoms. The van der Waals surface area contributed by atoms with Gasteiger partial charge >= 0.3 is 12.4 Å². The maximum absolute atomic E-state index is 13.5. The number of alkyl halides is 6. The summed E-state index contributed by atoms with van der Waals surface area (Å²) in [5, 5.41) is 19.3. The number of aromatic nitrogens is 2. The highest BCUT2D eigenvalue weighted by Gasteiger charge is 2.39. The summed E-state index contributed by atoms with van der Waals surface area (Å²) in [6, 6.07) is 0.821. The van der Waals surface area contributed by atoms with Crippen LogP contribution >= 0.6 is 11.6 Å². The van der Waals surface area contributed by atoms with Crippen LogP contribution in [0.1, 0.15) is 36.5 Å². The van der Waals surface area contributed by atoms with Gasteiger partial charge in [-0.1, -0.05) is 18.5 Å². The molecular formula is C24H28ClF6N7O. The van der Waals surface area contributed by atoms with Gasteiger partial charge in [0.15, 0.2) is 0 Å². The molecule has 0 saturated carbocycles. The second-order valence-corrected chi connectivity index (χ2v) is 9.35. The molecule has 2 unspecified atom stereocenters. The van der Waals surface area contributed by atoms with Gasteiger partial charge < -0.3 is 31.4 Å². The lowest BCUT2D eigenvalue weighted by atomic mass is 10.0. The maximum atomic E-state index is 13.5. The van der Waals surface area contributed by atoms with Crippen LogP contribution in [-0.2, 0) is 18.9 Å². The smallest absolute Gasteiger partial charge is 0.395 e. The average molecular weight is 580 g/mol. The van der Waals surface area contributed by atoms with E-state index in [9.17, 15) is 26.3 Å². The Kier molecular flexibility index (Phi) is 9.54. The monoisotopic (exact) mass is 579 g/mol. The number of nitrogens with one attached hydrogen (secondary N) is 2. The number of anilines is 2. The summed E-state index contributed by atoms with van der Waals surface area (Å²) in [4.78, 5) is 11.9. The van der Waals surface area contributed by atoms with E-state index in [0.29, 0.717) is 30.7 Å². The number of aliphatic hydroxyl groups excluding tert-OH is 1. The average Bonchev–Trinajstić information content (AvgIpc) is 3.33. The number of aliphatic hydroxyl groups is 1. The molecule has 1 aliphatic heterocycles. The molecule has 15 heteroatoms. The van der Waals surface area contributed by atoms with Crippen LogP contribution in [0, 0.1) is 5.41 Å². The van der Waals surface area contributed by atoms with Crippen molar-refractivity contribution >= 4 is 29.5 Å². The minimum absolute atomic E-state index is 0.00362. The first-order valence-corrected chi connectivity index (χ1v) is 12.3. The highest BCUT2D eigenvalue weighted by atomic mass is 35.5. The standard InChI is InChI=1S/C24H28ClF6N7O/c1-2-18-8-19(13-37(18)21(33)20(25)9-32)38(22-35-10-17(11-36-22)34-3-4-39)12-14-5-15(23(26,27)28)7-16(6-14)24(29,30)31/h5-7,9-11,18-19,32,34,39H,2-4,8,12-13,33H2,1H3/b21-20-,32-9?. The zero-order chi connectivity index (χ0) is 29.0. The maximum Gasteiger partial charge on any atom is 0.416 e. The minimum Gasteiger partial charge on any atom is -0.395 e. The largest absolute Gasteiger partial charge is 0.416 e. The van der Waals surface area contributed by atoms with Crippen LogP contribution in [0.5, 0.6) is 0 Å². The van der Waals surface area contributed by atoms with Gasteiger partial charge in [0.1, 0.15) is 5.82 Å². The highest BCUT2D eigenvalue weighted by Crippen LogP contribution is 2.37. The Balaban J connectivity index is 2.06. The lowest BCUT2D eigenvalue weighted by molar-refractivity contribution is -0.143. The molecule has 1 fully saturated rings. The number of allylic oxidation sites excluding steroid dienone is 1. The molecule has 2 aromatic rings. The van der Waals surface area contributed by atoms with E-state index in [2.05, 4.69) is 15.3 Å². The molecule has 1 saturated heterocycles. The number of benzene rings is 1. The van der Waals surface area contributed by atoms with Crippen LogP contribution in [0.15, 0.2) is 41.4 Å². The van der Waals surface area contributed by atoms with Crippen molar-refractivity contribution in [2.45, 2.75) is 50.7 Å². The molecule has 1 aromatic heterocycles. The summed E-state index contributed by atoms with van der Waals surface area (Å²) >= 11 is 6.07. The Morgan fingerprint density at radius 3 is 2.26 bits per heavy atom. The number of halogens is 7. The van der Waals surface area contributed by atoms with Crippen molar-refractivity contribution in [1.29, 1.82) is 5.41 Å². The Hall–Kier alpha value is -3.26. The van der Waals surface area contributed by atoms with Gasteiger partial charge in [0, 0.05) is 31.9 Å². The molecule has 214 valence electrons. The molecule has 0 radical (unpaired) electrons. The van der Waals surface area contributed by atoms with Crippen LogP contribution in [0.25, 0.3) is 0 Å². The van der Waals surface area contributed by atoms with Crippen molar-refractivity contribution in [3.05, 3.63) is 58.1 Å². The second-order valence-electron chi connectivity index (χ2n) is 8.95. The predicted octanol–water partition coefficient (Wildman–Crippen LogP) is 4.79. The summed E-state index contributed by atoms with van der Waals surface area (Å²) in [5.41, 5.74) is 3.56. The first-order valence-electron chi connectivity index (χ1n) is 11.9. The lowest BCUT2D eigenvalue weighted by Gasteiger charge is -2.30. The lowest BCUT2D eigenvalue weighted by Crippen LogP contribution is -2.39. The number of hydrogen-bond donors (Lipinski definition) is 4. The molecule has 8 nitrogen and oxygen atoms in total.